The normalized spacial score (nSPS) is 26.7. The van der Waals surface area contributed by atoms with Crippen LogP contribution in [0.25, 0.3) is 5.57 Å². The van der Waals surface area contributed by atoms with Crippen molar-refractivity contribution >= 4 is 29.4 Å². The summed E-state index contributed by atoms with van der Waals surface area (Å²) in [7, 11) is 1.83. The van der Waals surface area contributed by atoms with E-state index in [9.17, 15) is 14.4 Å². The van der Waals surface area contributed by atoms with Crippen LogP contribution in [0.2, 0.25) is 0 Å². The van der Waals surface area contributed by atoms with Crippen LogP contribution in [0.1, 0.15) is 47.2 Å². The molecular weight excluding hydrogens is 376 g/mol. The Morgan fingerprint density at radius 1 is 1.17 bits per heavy atom. The zero-order valence-electron chi connectivity index (χ0n) is 17.2. The van der Waals surface area contributed by atoms with Crippen molar-refractivity contribution in [2.24, 2.45) is 5.41 Å². The number of amides is 2. The monoisotopic (exact) mass is 400 g/mol. The van der Waals surface area contributed by atoms with Crippen LogP contribution >= 0.6 is 0 Å². The van der Waals surface area contributed by atoms with Gasteiger partial charge in [0.1, 0.15) is 6.29 Å². The van der Waals surface area contributed by atoms with Gasteiger partial charge in [0.25, 0.3) is 5.91 Å². The van der Waals surface area contributed by atoms with Crippen molar-refractivity contribution in [1.82, 2.24) is 4.90 Å². The van der Waals surface area contributed by atoms with Crippen LogP contribution in [0.3, 0.4) is 0 Å². The standard InChI is InChI=1S/C25H24N2O3/c1-25(11-12-28)14-19-18-9-6-10-20-22(18)17(13-21(19)26(2)24(25)30)15-27(20)23(29)16-7-4-3-5-8-16/h3-10,12,14,17,21H,11,13,15H2,1-2H3/t17-,21-,25-/m1/s1. The molecule has 0 fully saturated rings. The third-order valence-corrected chi connectivity index (χ3v) is 6.89. The van der Waals surface area contributed by atoms with E-state index in [1.165, 1.54) is 5.56 Å². The highest BCUT2D eigenvalue weighted by molar-refractivity contribution is 6.08. The molecule has 0 saturated carbocycles. The zero-order valence-corrected chi connectivity index (χ0v) is 17.2. The number of carbonyl (C=O) groups excluding carboxylic acids is 3. The smallest absolute Gasteiger partial charge is 0.258 e. The molecule has 0 unspecified atom stereocenters. The van der Waals surface area contributed by atoms with Gasteiger partial charge in [-0.15, -0.1) is 0 Å². The lowest BCUT2D eigenvalue weighted by Gasteiger charge is -2.45. The minimum absolute atomic E-state index is 0.00516. The number of hydrogen-bond acceptors (Lipinski definition) is 3. The number of rotatable bonds is 3. The first-order valence-corrected chi connectivity index (χ1v) is 10.4. The third kappa shape index (κ3) is 2.58. The molecule has 5 nitrogen and oxygen atoms in total. The lowest BCUT2D eigenvalue weighted by atomic mass is 9.70. The van der Waals surface area contributed by atoms with E-state index in [0.29, 0.717) is 12.1 Å². The molecule has 5 heteroatoms. The average Bonchev–Trinajstić information content (AvgIpc) is 3.13. The summed E-state index contributed by atoms with van der Waals surface area (Å²) in [6.07, 6.45) is 3.78. The van der Waals surface area contributed by atoms with Crippen molar-refractivity contribution in [2.75, 3.05) is 18.5 Å². The van der Waals surface area contributed by atoms with E-state index in [1.807, 2.05) is 67.4 Å². The summed E-state index contributed by atoms with van der Waals surface area (Å²) in [5.74, 6) is 0.181. The molecule has 1 aliphatic carbocycles. The van der Waals surface area contributed by atoms with Crippen molar-refractivity contribution in [2.45, 2.75) is 31.7 Å². The molecule has 152 valence electrons. The molecule has 0 N–H and O–H groups in total. The Bertz CT molecular complexity index is 1090. The SMILES string of the molecule is CN1C(=O)[C@](C)(CC=O)C=C2c3cccc4c3[C@H](C[C@H]21)CN4C(=O)c1ccccc1. The summed E-state index contributed by atoms with van der Waals surface area (Å²) < 4.78 is 0. The number of anilines is 1. The molecule has 30 heavy (non-hydrogen) atoms. The average molecular weight is 400 g/mol. The summed E-state index contributed by atoms with van der Waals surface area (Å²) in [5.41, 5.74) is 4.21. The Balaban J connectivity index is 1.62. The fourth-order valence-corrected chi connectivity index (χ4v) is 5.39. The van der Waals surface area contributed by atoms with E-state index in [1.54, 1.807) is 4.90 Å². The Hall–Kier alpha value is -3.21. The molecule has 3 aliphatic rings. The number of nitrogens with zero attached hydrogens (tertiary/aromatic N) is 2. The van der Waals surface area contributed by atoms with E-state index in [4.69, 9.17) is 0 Å². The maximum absolute atomic E-state index is 13.2. The molecular formula is C25H24N2O3. The number of benzene rings is 2. The molecule has 2 amide bonds. The molecule has 3 atom stereocenters. The van der Waals surface area contributed by atoms with Crippen molar-refractivity contribution in [1.29, 1.82) is 0 Å². The van der Waals surface area contributed by atoms with Crippen molar-refractivity contribution in [3.8, 4) is 0 Å². The summed E-state index contributed by atoms with van der Waals surface area (Å²) >= 11 is 0. The van der Waals surface area contributed by atoms with Gasteiger partial charge in [0.15, 0.2) is 0 Å². The first-order chi connectivity index (χ1) is 14.4. The molecule has 0 aromatic heterocycles. The van der Waals surface area contributed by atoms with Crippen molar-refractivity contribution in [3.05, 3.63) is 71.3 Å². The highest BCUT2D eigenvalue weighted by atomic mass is 16.2. The quantitative estimate of drug-likeness (QED) is 0.739. The van der Waals surface area contributed by atoms with Crippen LogP contribution < -0.4 is 4.90 Å². The van der Waals surface area contributed by atoms with Gasteiger partial charge in [-0.25, -0.2) is 0 Å². The first kappa shape index (κ1) is 18.8. The van der Waals surface area contributed by atoms with Gasteiger partial charge in [-0.2, -0.15) is 0 Å². The lowest BCUT2D eigenvalue weighted by Crippen LogP contribution is -2.51. The lowest BCUT2D eigenvalue weighted by molar-refractivity contribution is -0.141. The van der Waals surface area contributed by atoms with Gasteiger partial charge in [0.05, 0.1) is 11.5 Å². The third-order valence-electron chi connectivity index (χ3n) is 6.89. The molecule has 0 radical (unpaired) electrons. The van der Waals surface area contributed by atoms with Crippen molar-refractivity contribution in [3.63, 3.8) is 0 Å². The molecule has 2 heterocycles. The summed E-state index contributed by atoms with van der Waals surface area (Å²) in [5, 5.41) is 0. The number of likely N-dealkylation sites (N-methyl/N-ethyl adjacent to an activating group) is 1. The van der Waals surface area contributed by atoms with Crippen LogP contribution in [0, 0.1) is 5.41 Å². The highest BCUT2D eigenvalue weighted by Gasteiger charge is 2.48. The van der Waals surface area contributed by atoms with Crippen LogP contribution in [-0.2, 0) is 9.59 Å². The maximum atomic E-state index is 13.2. The van der Waals surface area contributed by atoms with E-state index in [2.05, 4.69) is 6.07 Å². The number of fused-ring (bicyclic) bond motifs is 2. The molecule has 2 aliphatic heterocycles. The molecule has 2 aromatic rings. The second-order valence-electron chi connectivity index (χ2n) is 8.77. The predicted octanol–water partition coefficient (Wildman–Crippen LogP) is 3.65. The van der Waals surface area contributed by atoms with Gasteiger partial charge in [0, 0.05) is 37.2 Å². The Labute approximate surface area is 176 Å². The van der Waals surface area contributed by atoms with E-state index >= 15 is 0 Å². The highest BCUT2D eigenvalue weighted by Crippen LogP contribution is 2.52. The van der Waals surface area contributed by atoms with Gasteiger partial charge in [-0.3, -0.25) is 9.59 Å². The van der Waals surface area contributed by atoms with Crippen LogP contribution in [0.4, 0.5) is 5.69 Å². The fraction of sp³-hybridized carbons (Fsp3) is 0.320. The first-order valence-electron chi connectivity index (χ1n) is 10.4. The molecule has 5 rings (SSSR count). The summed E-state index contributed by atoms with van der Waals surface area (Å²) in [6, 6.07) is 15.4. The number of aldehydes is 1. The summed E-state index contributed by atoms with van der Waals surface area (Å²) in [6.45, 7) is 2.46. The van der Waals surface area contributed by atoms with Gasteiger partial charge < -0.3 is 14.6 Å². The van der Waals surface area contributed by atoms with Crippen molar-refractivity contribution < 1.29 is 14.4 Å². The van der Waals surface area contributed by atoms with Crippen LogP contribution in [0.15, 0.2) is 54.6 Å². The Morgan fingerprint density at radius 3 is 2.67 bits per heavy atom. The van der Waals surface area contributed by atoms with E-state index in [-0.39, 0.29) is 30.2 Å². The predicted molar refractivity (Wildman–Crippen MR) is 115 cm³/mol. The van der Waals surface area contributed by atoms with Gasteiger partial charge in [-0.1, -0.05) is 36.4 Å². The largest absolute Gasteiger partial charge is 0.338 e. The second kappa shape index (κ2) is 6.66. The Morgan fingerprint density at radius 2 is 1.93 bits per heavy atom. The maximum Gasteiger partial charge on any atom is 0.258 e. The second-order valence-corrected chi connectivity index (χ2v) is 8.77. The Kier molecular flexibility index (Phi) is 4.17. The topological polar surface area (TPSA) is 57.7 Å². The molecule has 0 bridgehead atoms. The summed E-state index contributed by atoms with van der Waals surface area (Å²) in [4.78, 5) is 41.2. The van der Waals surface area contributed by atoms with Crippen LogP contribution in [0.5, 0.6) is 0 Å². The number of carbonyl (C=O) groups is 3. The van der Waals surface area contributed by atoms with Gasteiger partial charge in [0.2, 0.25) is 5.91 Å². The molecule has 0 saturated heterocycles. The molecule has 0 spiro atoms. The van der Waals surface area contributed by atoms with E-state index < -0.39 is 5.41 Å². The minimum atomic E-state index is -0.823. The van der Waals surface area contributed by atoms with Gasteiger partial charge in [-0.05, 0) is 48.2 Å². The minimum Gasteiger partial charge on any atom is -0.338 e. The number of hydrogen-bond donors (Lipinski definition) is 0. The van der Waals surface area contributed by atoms with Gasteiger partial charge >= 0.3 is 0 Å². The van der Waals surface area contributed by atoms with Crippen LogP contribution in [-0.4, -0.2) is 42.6 Å². The zero-order chi connectivity index (χ0) is 21.0. The fourth-order valence-electron chi connectivity index (χ4n) is 5.39. The molecule has 2 aromatic carbocycles. The van der Waals surface area contributed by atoms with E-state index in [0.717, 1.165) is 29.5 Å².